The van der Waals surface area contributed by atoms with Gasteiger partial charge in [0.05, 0.1) is 0 Å². The van der Waals surface area contributed by atoms with Crippen LogP contribution >= 0.6 is 0 Å². The molecule has 0 heterocycles. The van der Waals surface area contributed by atoms with Gasteiger partial charge in [-0.1, -0.05) is 72.8 Å². The second-order valence-corrected chi connectivity index (χ2v) is 16.0. The molecule has 0 aromatic heterocycles. The number of anilines is 2. The van der Waals surface area contributed by atoms with Crippen molar-refractivity contribution in [3.05, 3.63) is 160 Å². The second-order valence-electron chi connectivity index (χ2n) is 13.2. The molecule has 5 rings (SSSR count). The van der Waals surface area contributed by atoms with Gasteiger partial charge in [-0.05, 0) is 122 Å². The van der Waals surface area contributed by atoms with Crippen molar-refractivity contribution in [2.75, 3.05) is 36.0 Å². The summed E-state index contributed by atoms with van der Waals surface area (Å²) in [6.07, 6.45) is 8.37. The molecule has 55 heavy (non-hydrogen) atoms. The first kappa shape index (κ1) is 43.9. The zero-order valence-corrected chi connectivity index (χ0v) is 36.3. The fourth-order valence-electron chi connectivity index (χ4n) is 7.31. The summed E-state index contributed by atoms with van der Waals surface area (Å²) >= 11 is 0. The van der Waals surface area contributed by atoms with Gasteiger partial charge >= 0.3 is 29.6 Å². The van der Waals surface area contributed by atoms with Crippen molar-refractivity contribution in [2.45, 2.75) is 52.3 Å². The van der Waals surface area contributed by atoms with Gasteiger partial charge < -0.3 is 18.9 Å². The molecule has 4 aromatic carbocycles. The molecule has 0 fully saturated rings. The molecular formula is C43H48N3NaO6S2. The molecule has 4 aromatic rings. The third-order valence-corrected chi connectivity index (χ3v) is 12.0. The predicted octanol–water partition coefficient (Wildman–Crippen LogP) is 4.87. The van der Waals surface area contributed by atoms with Crippen LogP contribution in [0.25, 0.3) is 5.57 Å². The van der Waals surface area contributed by atoms with Gasteiger partial charge in [0.25, 0.3) is 0 Å². The van der Waals surface area contributed by atoms with Crippen LogP contribution in [0, 0.1) is 13.8 Å². The fourth-order valence-corrected chi connectivity index (χ4v) is 9.45. The quantitative estimate of drug-likeness (QED) is 0.101. The van der Waals surface area contributed by atoms with Crippen LogP contribution in [-0.4, -0.2) is 62.4 Å². The molecule has 9 nitrogen and oxygen atoms in total. The largest absolute Gasteiger partial charge is 1.00 e. The van der Waals surface area contributed by atoms with Gasteiger partial charge in [-0.15, -0.1) is 0 Å². The summed E-state index contributed by atoms with van der Waals surface area (Å²) < 4.78 is 78.5. The Morgan fingerprint density at radius 2 is 0.982 bits per heavy atom. The molecule has 2 unspecified atom stereocenters. The van der Waals surface area contributed by atoms with Crippen molar-refractivity contribution < 1.29 is 60.1 Å². The number of nitrogens with zero attached hydrogens (tertiary/aromatic N) is 3. The molecule has 284 valence electrons. The molecule has 0 spiro atoms. The van der Waals surface area contributed by atoms with Gasteiger partial charge in [-0.3, -0.25) is 0 Å². The van der Waals surface area contributed by atoms with Crippen molar-refractivity contribution in [1.82, 2.24) is 0 Å². The van der Waals surface area contributed by atoms with Crippen LogP contribution in [0.1, 0.15) is 71.8 Å². The first-order valence-electron chi connectivity index (χ1n) is 18.2. The summed E-state index contributed by atoms with van der Waals surface area (Å²) in [5, 5.41) is -2.81. The average molecular weight is 790 g/mol. The van der Waals surface area contributed by atoms with Crippen molar-refractivity contribution in [3.63, 3.8) is 0 Å². The van der Waals surface area contributed by atoms with Crippen LogP contribution in [0.2, 0.25) is 0 Å². The van der Waals surface area contributed by atoms with E-state index in [4.69, 9.17) is 0 Å². The van der Waals surface area contributed by atoms with Gasteiger partial charge in [0.1, 0.15) is 44.1 Å². The normalized spacial score (nSPS) is 13.9. The Kier molecular flexibility index (Phi) is 15.1. The molecule has 2 atom stereocenters. The van der Waals surface area contributed by atoms with Crippen LogP contribution in [0.4, 0.5) is 11.4 Å². The second kappa shape index (κ2) is 18.9. The SMILES string of the molecule is CCN(c1ccc(C(=C2C=CC(=[N+](CC)CC)C=C2)c2ccc(N(CC)C(c3ccccc3)S(=O)(=O)[O-])cc2C)c(C)c1)C(c1ccccc1)S(=O)(=O)[O-].[Na+]. The van der Waals surface area contributed by atoms with E-state index in [1.807, 2.05) is 64.1 Å². The molecule has 0 saturated carbocycles. The average Bonchev–Trinajstić information content (AvgIpc) is 3.14. The van der Waals surface area contributed by atoms with Crippen molar-refractivity contribution >= 4 is 42.9 Å². The van der Waals surface area contributed by atoms with Crippen LogP contribution < -0.4 is 39.4 Å². The van der Waals surface area contributed by atoms with Gasteiger partial charge in [-0.2, -0.15) is 0 Å². The number of hydrogen-bond acceptors (Lipinski definition) is 8. The molecule has 0 saturated heterocycles. The van der Waals surface area contributed by atoms with Gasteiger partial charge in [0.2, 0.25) is 0 Å². The van der Waals surface area contributed by atoms with E-state index in [0.29, 0.717) is 22.5 Å². The molecule has 0 radical (unpaired) electrons. The maximum Gasteiger partial charge on any atom is 1.00 e. The zero-order chi connectivity index (χ0) is 39.2. The summed E-state index contributed by atoms with van der Waals surface area (Å²) in [7, 11) is -9.53. The van der Waals surface area contributed by atoms with Gasteiger partial charge in [-0.25, -0.2) is 21.4 Å². The molecule has 0 amide bonds. The molecule has 12 heteroatoms. The topological polar surface area (TPSA) is 124 Å². The van der Waals surface area contributed by atoms with Crippen LogP contribution in [-0.2, 0) is 20.2 Å². The third-order valence-electron chi connectivity index (χ3n) is 9.87. The summed E-state index contributed by atoms with van der Waals surface area (Å²) in [6, 6.07) is 28.5. The number of hydrogen-bond donors (Lipinski definition) is 0. The summed E-state index contributed by atoms with van der Waals surface area (Å²) in [4.78, 5) is 3.22. The number of aryl methyl sites for hydroxylation is 2. The molecule has 1 aliphatic rings. The van der Waals surface area contributed by atoms with E-state index in [0.717, 1.165) is 52.2 Å². The number of allylic oxidation sites excluding steroid dienone is 5. The Morgan fingerprint density at radius 3 is 1.29 bits per heavy atom. The van der Waals surface area contributed by atoms with Crippen LogP contribution in [0.15, 0.2) is 127 Å². The van der Waals surface area contributed by atoms with E-state index in [1.54, 1.807) is 70.5 Å². The fraction of sp³-hybridized carbons (Fsp3) is 0.279. The first-order chi connectivity index (χ1) is 25.7. The van der Waals surface area contributed by atoms with E-state index in [1.165, 1.54) is 0 Å². The minimum absolute atomic E-state index is 0. The zero-order valence-electron chi connectivity index (χ0n) is 32.6. The van der Waals surface area contributed by atoms with Crippen molar-refractivity contribution in [1.29, 1.82) is 0 Å². The standard InChI is InChI=1S/C43H49N3O6S2.Na/c1-7-44(8-2)36-23-21-33(22-24-36)41(39-27-25-37(29-31(39)5)45(9-3)42(53(47,48)49)34-17-13-11-14-18-34)40-28-26-38(30-32(40)6)46(10-4)43(54(50,51)52)35-19-15-12-16-20-35;/h11-30,42-43H,7-10H2,1-6H3,(H-,47,48,49,50,51,52);/q;+1/p-1. The van der Waals surface area contributed by atoms with E-state index >= 15 is 0 Å². The van der Waals surface area contributed by atoms with Gasteiger partial charge in [0, 0.05) is 36.6 Å². The van der Waals surface area contributed by atoms with E-state index < -0.39 is 31.0 Å². The monoisotopic (exact) mass is 789 g/mol. The first-order valence-corrected chi connectivity index (χ1v) is 21.1. The Bertz CT molecular complexity index is 2170. The van der Waals surface area contributed by atoms with Gasteiger partial charge in [0.15, 0.2) is 5.71 Å². The van der Waals surface area contributed by atoms with Crippen molar-refractivity contribution in [3.8, 4) is 0 Å². The van der Waals surface area contributed by atoms with E-state index in [9.17, 15) is 25.9 Å². The van der Waals surface area contributed by atoms with Crippen LogP contribution in [0.5, 0.6) is 0 Å². The summed E-state index contributed by atoms with van der Waals surface area (Å²) in [6.45, 7) is 14.1. The minimum Gasteiger partial charge on any atom is -0.746 e. The molecule has 0 bridgehead atoms. The Balaban J connectivity index is 0.00000673. The van der Waals surface area contributed by atoms with Crippen LogP contribution in [0.3, 0.4) is 0 Å². The summed E-state index contributed by atoms with van der Waals surface area (Å²) in [5.41, 5.74) is 8.49. The number of rotatable bonds is 14. The Morgan fingerprint density at radius 1 is 0.600 bits per heavy atom. The molecule has 0 aliphatic heterocycles. The molecule has 1 aliphatic carbocycles. The smallest absolute Gasteiger partial charge is 0.746 e. The Labute approximate surface area is 349 Å². The number of benzene rings is 4. The molecular weight excluding hydrogens is 742 g/mol. The van der Waals surface area contributed by atoms with E-state index in [-0.39, 0.29) is 42.6 Å². The molecule has 0 N–H and O–H groups in total. The van der Waals surface area contributed by atoms with E-state index in [2.05, 4.69) is 42.7 Å². The van der Waals surface area contributed by atoms with Crippen molar-refractivity contribution in [2.24, 2.45) is 0 Å². The third kappa shape index (κ3) is 9.96. The minimum atomic E-state index is -4.77. The summed E-state index contributed by atoms with van der Waals surface area (Å²) in [5.74, 6) is 0. The predicted molar refractivity (Wildman–Crippen MR) is 217 cm³/mol. The Hall–Kier alpha value is -3.81. The maximum atomic E-state index is 12.7. The maximum absolute atomic E-state index is 12.7.